The van der Waals surface area contributed by atoms with Gasteiger partial charge in [-0.25, -0.2) is 17.9 Å². The van der Waals surface area contributed by atoms with Gasteiger partial charge < -0.3 is 9.80 Å². The summed E-state index contributed by atoms with van der Waals surface area (Å²) in [4.78, 5) is 22.7. The lowest BCUT2D eigenvalue weighted by Crippen LogP contribution is -2.39. The van der Waals surface area contributed by atoms with Gasteiger partial charge in [-0.1, -0.05) is 18.5 Å². The molecular weight excluding hydrogens is 500 g/mol. The van der Waals surface area contributed by atoms with Crippen LogP contribution in [-0.4, -0.2) is 59.7 Å². The van der Waals surface area contributed by atoms with Crippen molar-refractivity contribution >= 4 is 44.7 Å². The number of halogens is 1. The zero-order valence-electron chi connectivity index (χ0n) is 20.7. The van der Waals surface area contributed by atoms with E-state index in [1.807, 2.05) is 17.5 Å². The number of sulfonamides is 1. The van der Waals surface area contributed by atoms with Crippen LogP contribution >= 0.6 is 11.6 Å². The zero-order chi connectivity index (χ0) is 25.6. The van der Waals surface area contributed by atoms with Gasteiger partial charge in [-0.05, 0) is 56.7 Å². The Hall–Kier alpha value is -2.85. The summed E-state index contributed by atoms with van der Waals surface area (Å²) in [5.41, 5.74) is 2.98. The van der Waals surface area contributed by atoms with Crippen LogP contribution < -0.4 is 9.62 Å². The molecule has 2 saturated heterocycles. The number of likely N-dealkylation sites (tertiary alicyclic amines) is 1. The first kappa shape index (κ1) is 24.8. The normalized spacial score (nSPS) is 20.8. The number of amides is 1. The average molecular weight is 531 g/mol. The number of benzene rings is 1. The summed E-state index contributed by atoms with van der Waals surface area (Å²) in [6.45, 7) is 6.82. The topological polar surface area (TPSA) is 99.9 Å². The Morgan fingerprint density at radius 1 is 1.14 bits per heavy atom. The van der Waals surface area contributed by atoms with Crippen LogP contribution in [0.2, 0.25) is 5.02 Å². The van der Waals surface area contributed by atoms with Crippen molar-refractivity contribution in [3.8, 4) is 0 Å². The lowest BCUT2D eigenvalue weighted by Gasteiger charge is -2.35. The molecule has 1 aromatic carbocycles. The average Bonchev–Trinajstić information content (AvgIpc) is 3.45. The summed E-state index contributed by atoms with van der Waals surface area (Å²) in [6, 6.07) is 8.40. The van der Waals surface area contributed by atoms with Crippen LogP contribution in [0.3, 0.4) is 0 Å². The van der Waals surface area contributed by atoms with Gasteiger partial charge in [0.1, 0.15) is 5.82 Å². The van der Waals surface area contributed by atoms with Crippen LogP contribution in [0.5, 0.6) is 0 Å². The Balaban J connectivity index is 1.49. The number of nitrogens with one attached hydrogen (secondary N) is 1. The van der Waals surface area contributed by atoms with Crippen molar-refractivity contribution in [2.75, 3.05) is 35.5 Å². The van der Waals surface area contributed by atoms with E-state index in [-0.39, 0.29) is 23.2 Å². The van der Waals surface area contributed by atoms with Gasteiger partial charge in [0.2, 0.25) is 10.0 Å². The highest BCUT2D eigenvalue weighted by Gasteiger charge is 2.32. The molecule has 2 aromatic heterocycles. The Labute approximate surface area is 216 Å². The molecule has 0 radical (unpaired) electrons. The molecule has 0 bridgehead atoms. The Morgan fingerprint density at radius 3 is 2.67 bits per heavy atom. The predicted molar refractivity (Wildman–Crippen MR) is 141 cm³/mol. The van der Waals surface area contributed by atoms with E-state index in [2.05, 4.69) is 22.6 Å². The quantitative estimate of drug-likeness (QED) is 0.528. The maximum absolute atomic E-state index is 13.8. The third-order valence-corrected chi connectivity index (χ3v) is 7.80. The van der Waals surface area contributed by atoms with Crippen molar-refractivity contribution in [3.63, 3.8) is 0 Å². The summed E-state index contributed by atoms with van der Waals surface area (Å²) in [5.74, 6) is 1.34. The van der Waals surface area contributed by atoms with Crippen LogP contribution in [0.25, 0.3) is 5.65 Å². The second kappa shape index (κ2) is 9.55. The minimum Gasteiger partial charge on any atom is -0.356 e. The molecule has 1 N–H and O–H groups in total. The van der Waals surface area contributed by atoms with Gasteiger partial charge in [0.15, 0.2) is 5.65 Å². The van der Waals surface area contributed by atoms with E-state index in [0.29, 0.717) is 17.5 Å². The first-order chi connectivity index (χ1) is 17.1. The monoisotopic (exact) mass is 530 g/mol. The molecule has 192 valence electrons. The predicted octanol–water partition coefficient (Wildman–Crippen LogP) is 4.28. The number of aromatic nitrogens is 3. The summed E-state index contributed by atoms with van der Waals surface area (Å²) in [7, 11) is -3.57. The van der Waals surface area contributed by atoms with Gasteiger partial charge in [-0.3, -0.25) is 9.52 Å². The zero-order valence-corrected chi connectivity index (χ0v) is 22.3. The van der Waals surface area contributed by atoms with Gasteiger partial charge >= 0.3 is 0 Å². The van der Waals surface area contributed by atoms with E-state index in [1.165, 1.54) is 12.1 Å². The molecule has 4 heterocycles. The number of nitrogens with zero attached hydrogens (tertiary/aromatic N) is 5. The van der Waals surface area contributed by atoms with Crippen molar-refractivity contribution < 1.29 is 13.2 Å². The number of hydrogen-bond donors (Lipinski definition) is 1. The minimum absolute atomic E-state index is 0.216. The van der Waals surface area contributed by atoms with Crippen molar-refractivity contribution in [2.45, 2.75) is 45.6 Å². The summed E-state index contributed by atoms with van der Waals surface area (Å²) in [6.07, 6.45) is 4.81. The standard InChI is InChI=1S/C25H31ClN6O3S/c1-16-9-11-30(15-16)23-12-17(2)32-24(27-23)14-21(28-32)22-6-4-5-10-31(22)25(33)19-13-18(26)7-8-20(19)29-36(3,34)35/h7-8,12-14,16,22,29H,4-6,9-11,15H2,1-3H3/t16-,22-/m0/s1. The lowest BCUT2D eigenvalue weighted by molar-refractivity contribution is 0.0607. The molecule has 1 amide bonds. The Morgan fingerprint density at radius 2 is 1.94 bits per heavy atom. The van der Waals surface area contributed by atoms with Gasteiger partial charge in [0, 0.05) is 42.5 Å². The largest absolute Gasteiger partial charge is 0.356 e. The third-order valence-electron chi connectivity index (χ3n) is 6.97. The van der Waals surface area contributed by atoms with Crippen molar-refractivity contribution in [1.29, 1.82) is 0 Å². The summed E-state index contributed by atoms with van der Waals surface area (Å²) in [5, 5.41) is 5.21. The second-order valence-corrected chi connectivity index (χ2v) is 12.2. The highest BCUT2D eigenvalue weighted by Crippen LogP contribution is 2.34. The number of rotatable bonds is 5. The lowest BCUT2D eigenvalue weighted by atomic mass is 9.98. The first-order valence-electron chi connectivity index (χ1n) is 12.3. The molecule has 36 heavy (non-hydrogen) atoms. The summed E-state index contributed by atoms with van der Waals surface area (Å²) >= 11 is 6.20. The molecule has 0 spiro atoms. The highest BCUT2D eigenvalue weighted by atomic mass is 35.5. The van der Waals surface area contributed by atoms with Gasteiger partial charge in [-0.2, -0.15) is 5.10 Å². The molecular formula is C25H31ClN6O3S. The smallest absolute Gasteiger partial charge is 0.256 e. The van der Waals surface area contributed by atoms with Crippen LogP contribution in [0.1, 0.15) is 60.4 Å². The third kappa shape index (κ3) is 5.01. The summed E-state index contributed by atoms with van der Waals surface area (Å²) < 4.78 is 28.1. The number of fused-ring (bicyclic) bond motifs is 1. The first-order valence-corrected chi connectivity index (χ1v) is 14.6. The van der Waals surface area contributed by atoms with Gasteiger partial charge in [0.05, 0.1) is 29.2 Å². The number of carbonyl (C=O) groups is 1. The molecule has 9 nitrogen and oxygen atoms in total. The molecule has 0 aliphatic carbocycles. The van der Waals surface area contributed by atoms with Crippen LogP contribution in [-0.2, 0) is 10.0 Å². The fourth-order valence-corrected chi connectivity index (χ4v) is 5.96. The van der Waals surface area contributed by atoms with Crippen LogP contribution in [0.4, 0.5) is 11.5 Å². The van der Waals surface area contributed by atoms with Gasteiger partial charge in [0.25, 0.3) is 5.91 Å². The van der Waals surface area contributed by atoms with Crippen LogP contribution in [0, 0.1) is 12.8 Å². The van der Waals surface area contributed by atoms with E-state index in [0.717, 1.165) is 67.9 Å². The molecule has 2 atom stereocenters. The minimum atomic E-state index is -3.57. The maximum Gasteiger partial charge on any atom is 0.256 e. The second-order valence-electron chi connectivity index (χ2n) is 10.0. The molecule has 2 fully saturated rings. The van der Waals surface area contributed by atoms with Crippen LogP contribution in [0.15, 0.2) is 30.3 Å². The molecule has 0 unspecified atom stereocenters. The van der Waals surface area contributed by atoms with E-state index in [4.69, 9.17) is 21.7 Å². The Kier molecular flexibility index (Phi) is 6.59. The Bertz CT molecular complexity index is 1420. The molecule has 0 saturated carbocycles. The maximum atomic E-state index is 13.8. The van der Waals surface area contributed by atoms with Crippen molar-refractivity contribution in [1.82, 2.24) is 19.5 Å². The van der Waals surface area contributed by atoms with E-state index in [9.17, 15) is 13.2 Å². The molecule has 3 aromatic rings. The van der Waals surface area contributed by atoms with E-state index < -0.39 is 10.0 Å². The van der Waals surface area contributed by atoms with Crippen molar-refractivity contribution in [3.05, 3.63) is 52.3 Å². The highest BCUT2D eigenvalue weighted by molar-refractivity contribution is 7.92. The van der Waals surface area contributed by atoms with Crippen molar-refractivity contribution in [2.24, 2.45) is 5.92 Å². The fraction of sp³-hybridized carbons (Fsp3) is 0.480. The number of aryl methyl sites for hydroxylation is 1. The van der Waals surface area contributed by atoms with E-state index >= 15 is 0 Å². The van der Waals surface area contributed by atoms with Gasteiger partial charge in [-0.15, -0.1) is 0 Å². The number of piperidine rings is 1. The molecule has 11 heteroatoms. The molecule has 2 aliphatic heterocycles. The number of carbonyl (C=O) groups excluding carboxylic acids is 1. The fourth-order valence-electron chi connectivity index (χ4n) is 5.21. The number of anilines is 2. The van der Waals surface area contributed by atoms with E-state index in [1.54, 1.807) is 11.0 Å². The SMILES string of the molecule is Cc1cc(N2CC[C@H](C)C2)nc2cc([C@@H]3CCCCN3C(=O)c3cc(Cl)ccc3NS(C)(=O)=O)nn12. The molecule has 2 aliphatic rings. The molecule has 5 rings (SSSR count). The number of hydrogen-bond acceptors (Lipinski definition) is 6.